The van der Waals surface area contributed by atoms with Crippen LogP contribution in [-0.4, -0.2) is 40.0 Å². The number of carbonyl (C=O) groups is 1. The molecule has 6 nitrogen and oxygen atoms in total. The van der Waals surface area contributed by atoms with Crippen LogP contribution in [0.4, 0.5) is 0 Å². The number of thiophene rings is 1. The van der Waals surface area contributed by atoms with Gasteiger partial charge in [-0.1, -0.05) is 6.07 Å². The lowest BCUT2D eigenvalue weighted by atomic mass is 10.0. The summed E-state index contributed by atoms with van der Waals surface area (Å²) in [6.07, 6.45) is 0. The monoisotopic (exact) mass is 339 g/mol. The van der Waals surface area contributed by atoms with Gasteiger partial charge in [0.25, 0.3) is 10.0 Å². The van der Waals surface area contributed by atoms with Gasteiger partial charge in [-0.25, -0.2) is 8.42 Å². The Morgan fingerprint density at radius 1 is 1.55 bits per heavy atom. The molecule has 1 aliphatic rings. The molecule has 114 valence electrons. The summed E-state index contributed by atoms with van der Waals surface area (Å²) >= 11 is 1.12. The van der Waals surface area contributed by atoms with Crippen LogP contribution in [0.2, 0.25) is 0 Å². The van der Waals surface area contributed by atoms with Gasteiger partial charge in [0.15, 0.2) is 0 Å². The molecular weight excluding hydrogens is 322 g/mol. The summed E-state index contributed by atoms with van der Waals surface area (Å²) in [4.78, 5) is 11.8. The third kappa shape index (κ3) is 4.42. The van der Waals surface area contributed by atoms with Crippen molar-refractivity contribution >= 4 is 39.7 Å². The second-order valence-electron chi connectivity index (χ2n) is 4.54. The van der Waals surface area contributed by atoms with Crippen LogP contribution in [0.1, 0.15) is 6.92 Å². The number of sulfonamides is 1. The topological polar surface area (TPSA) is 87.3 Å². The van der Waals surface area contributed by atoms with Gasteiger partial charge in [0.05, 0.1) is 6.04 Å². The van der Waals surface area contributed by atoms with E-state index < -0.39 is 16.1 Å². The Bertz CT molecular complexity index is 529. The van der Waals surface area contributed by atoms with E-state index in [1.807, 2.05) is 0 Å². The summed E-state index contributed by atoms with van der Waals surface area (Å²) in [6.45, 7) is 3.92. The van der Waals surface area contributed by atoms with Crippen LogP contribution in [-0.2, 0) is 14.8 Å². The van der Waals surface area contributed by atoms with Crippen LogP contribution in [0.15, 0.2) is 21.7 Å². The third-order valence-corrected chi connectivity index (χ3v) is 5.85. The summed E-state index contributed by atoms with van der Waals surface area (Å²) in [7, 11) is -3.60. The number of halogens is 1. The number of hydrogen-bond donors (Lipinski definition) is 3. The van der Waals surface area contributed by atoms with E-state index >= 15 is 0 Å². The Balaban J connectivity index is 0.00000200. The highest BCUT2D eigenvalue weighted by Gasteiger charge is 2.24. The molecule has 1 amide bonds. The standard InChI is InChI=1S/C11H17N3O3S2.ClH/c1-8(11(15)13-7-9-5-12-6-9)14-19(16,17)10-3-2-4-18-10;/h2-4,8-9,12,14H,5-7H2,1H3,(H,13,15);1H. The minimum absolute atomic E-state index is 0. The first-order chi connectivity index (χ1) is 8.99. The van der Waals surface area contributed by atoms with Gasteiger partial charge in [-0.2, -0.15) is 4.72 Å². The average Bonchev–Trinajstić information content (AvgIpc) is 2.79. The molecule has 0 aliphatic carbocycles. The van der Waals surface area contributed by atoms with Crippen LogP contribution < -0.4 is 15.4 Å². The molecule has 0 saturated carbocycles. The second-order valence-corrected chi connectivity index (χ2v) is 7.43. The number of rotatable bonds is 6. The Morgan fingerprint density at radius 3 is 2.75 bits per heavy atom. The fourth-order valence-corrected chi connectivity index (χ4v) is 3.86. The van der Waals surface area contributed by atoms with Crippen molar-refractivity contribution in [3.8, 4) is 0 Å². The fraction of sp³-hybridized carbons (Fsp3) is 0.545. The van der Waals surface area contributed by atoms with Gasteiger partial charge in [-0.3, -0.25) is 4.79 Å². The molecule has 1 fully saturated rings. The van der Waals surface area contributed by atoms with Crippen molar-refractivity contribution < 1.29 is 13.2 Å². The van der Waals surface area contributed by atoms with Crippen LogP contribution >= 0.6 is 23.7 Å². The molecule has 0 aromatic carbocycles. The number of amides is 1. The molecule has 1 saturated heterocycles. The highest BCUT2D eigenvalue weighted by molar-refractivity contribution is 7.91. The molecule has 9 heteroatoms. The van der Waals surface area contributed by atoms with Gasteiger partial charge in [0.1, 0.15) is 4.21 Å². The summed E-state index contributed by atoms with van der Waals surface area (Å²) in [6, 6.07) is 2.39. The predicted octanol–water partition coefficient (Wildman–Crippen LogP) is 0.172. The number of hydrogen-bond acceptors (Lipinski definition) is 5. The molecule has 1 aromatic rings. The molecule has 2 rings (SSSR count). The Kier molecular flexibility index (Phi) is 6.41. The lowest BCUT2D eigenvalue weighted by molar-refractivity contribution is -0.122. The molecule has 1 unspecified atom stereocenters. The van der Waals surface area contributed by atoms with E-state index in [4.69, 9.17) is 0 Å². The zero-order valence-corrected chi connectivity index (χ0v) is 13.4. The van der Waals surface area contributed by atoms with E-state index in [2.05, 4.69) is 15.4 Å². The van der Waals surface area contributed by atoms with E-state index in [0.29, 0.717) is 12.5 Å². The van der Waals surface area contributed by atoms with Gasteiger partial charge < -0.3 is 10.6 Å². The Morgan fingerprint density at radius 2 is 2.25 bits per heavy atom. The van der Waals surface area contributed by atoms with Crippen LogP contribution in [0, 0.1) is 5.92 Å². The van der Waals surface area contributed by atoms with Crippen LogP contribution in [0.3, 0.4) is 0 Å². The van der Waals surface area contributed by atoms with Gasteiger partial charge in [0.2, 0.25) is 5.91 Å². The molecule has 1 aromatic heterocycles. The Labute approximate surface area is 128 Å². The molecule has 20 heavy (non-hydrogen) atoms. The first-order valence-electron chi connectivity index (χ1n) is 6.03. The maximum Gasteiger partial charge on any atom is 0.250 e. The number of carbonyl (C=O) groups excluding carboxylic acids is 1. The van der Waals surface area contributed by atoms with Gasteiger partial charge in [0, 0.05) is 25.6 Å². The van der Waals surface area contributed by atoms with Gasteiger partial charge in [-0.05, 0) is 18.4 Å². The quantitative estimate of drug-likeness (QED) is 0.689. The maximum atomic E-state index is 11.9. The summed E-state index contributed by atoms with van der Waals surface area (Å²) in [5, 5.41) is 7.54. The van der Waals surface area contributed by atoms with E-state index in [-0.39, 0.29) is 22.5 Å². The lowest BCUT2D eigenvalue weighted by Crippen LogP contribution is -2.51. The van der Waals surface area contributed by atoms with Crippen molar-refractivity contribution in [1.29, 1.82) is 0 Å². The van der Waals surface area contributed by atoms with Crippen molar-refractivity contribution in [2.75, 3.05) is 19.6 Å². The summed E-state index contributed by atoms with van der Waals surface area (Å²) in [5.41, 5.74) is 0. The van der Waals surface area contributed by atoms with Crippen LogP contribution in [0.5, 0.6) is 0 Å². The van der Waals surface area contributed by atoms with Crippen molar-refractivity contribution in [2.24, 2.45) is 5.92 Å². The van der Waals surface area contributed by atoms with Crippen molar-refractivity contribution in [3.63, 3.8) is 0 Å². The normalized spacial score (nSPS) is 16.9. The summed E-state index contributed by atoms with van der Waals surface area (Å²) in [5.74, 6) is 0.150. The zero-order valence-electron chi connectivity index (χ0n) is 11.0. The first kappa shape index (κ1) is 17.4. The summed E-state index contributed by atoms with van der Waals surface area (Å²) < 4.78 is 26.4. The molecule has 0 spiro atoms. The fourth-order valence-electron chi connectivity index (χ4n) is 1.65. The lowest BCUT2D eigenvalue weighted by Gasteiger charge is -2.27. The molecule has 0 radical (unpaired) electrons. The molecular formula is C11H18ClN3O3S2. The molecule has 1 aliphatic heterocycles. The minimum atomic E-state index is -3.60. The highest BCUT2D eigenvalue weighted by Crippen LogP contribution is 2.15. The molecule has 1 atom stereocenters. The average molecular weight is 340 g/mol. The molecule has 0 bridgehead atoms. The highest BCUT2D eigenvalue weighted by atomic mass is 35.5. The van der Waals surface area contributed by atoms with Gasteiger partial charge >= 0.3 is 0 Å². The third-order valence-electron chi connectivity index (χ3n) is 2.92. The first-order valence-corrected chi connectivity index (χ1v) is 8.39. The number of nitrogens with one attached hydrogen (secondary N) is 3. The maximum absolute atomic E-state index is 11.9. The van der Waals surface area contributed by atoms with Crippen molar-refractivity contribution in [3.05, 3.63) is 17.5 Å². The van der Waals surface area contributed by atoms with Crippen LogP contribution in [0.25, 0.3) is 0 Å². The van der Waals surface area contributed by atoms with Crippen molar-refractivity contribution in [1.82, 2.24) is 15.4 Å². The van der Waals surface area contributed by atoms with E-state index in [0.717, 1.165) is 24.4 Å². The molecule has 2 heterocycles. The predicted molar refractivity (Wildman–Crippen MR) is 80.7 cm³/mol. The van der Waals surface area contributed by atoms with Gasteiger partial charge in [-0.15, -0.1) is 23.7 Å². The van der Waals surface area contributed by atoms with Crippen molar-refractivity contribution in [2.45, 2.75) is 17.2 Å². The van der Waals surface area contributed by atoms with E-state index in [1.54, 1.807) is 18.4 Å². The Hall–Kier alpha value is -0.670. The SMILES string of the molecule is CC(NS(=O)(=O)c1cccs1)C(=O)NCC1CNC1.Cl. The minimum Gasteiger partial charge on any atom is -0.354 e. The smallest absolute Gasteiger partial charge is 0.250 e. The van der Waals surface area contributed by atoms with E-state index in [9.17, 15) is 13.2 Å². The molecule has 3 N–H and O–H groups in total. The van der Waals surface area contributed by atoms with E-state index in [1.165, 1.54) is 6.07 Å². The zero-order chi connectivity index (χ0) is 13.9. The second kappa shape index (κ2) is 7.37. The largest absolute Gasteiger partial charge is 0.354 e.